The molecule has 2 aromatic carbocycles. The zero-order valence-corrected chi connectivity index (χ0v) is 12.9. The van der Waals surface area contributed by atoms with E-state index in [1.165, 1.54) is 5.56 Å². The number of aryl methyl sites for hydroxylation is 1. The number of hydrogen-bond acceptors (Lipinski definition) is 2. The van der Waals surface area contributed by atoms with Crippen LogP contribution in [0.25, 0.3) is 5.69 Å². The van der Waals surface area contributed by atoms with E-state index in [-0.39, 0.29) is 6.03 Å². The monoisotopic (exact) mass is 306 g/mol. The van der Waals surface area contributed by atoms with Crippen molar-refractivity contribution in [2.45, 2.75) is 13.5 Å². The van der Waals surface area contributed by atoms with E-state index in [1.807, 2.05) is 67.7 Å². The van der Waals surface area contributed by atoms with Crippen LogP contribution in [0, 0.1) is 6.92 Å². The lowest BCUT2D eigenvalue weighted by atomic mass is 10.1. The second-order valence-electron chi connectivity index (χ2n) is 5.26. The van der Waals surface area contributed by atoms with E-state index in [0.717, 1.165) is 11.3 Å². The molecule has 5 heteroatoms. The summed E-state index contributed by atoms with van der Waals surface area (Å²) >= 11 is 0. The Morgan fingerprint density at radius 1 is 1.09 bits per heavy atom. The second-order valence-corrected chi connectivity index (χ2v) is 5.26. The van der Waals surface area contributed by atoms with E-state index in [0.29, 0.717) is 12.2 Å². The van der Waals surface area contributed by atoms with Gasteiger partial charge < -0.3 is 10.6 Å². The third kappa shape index (κ3) is 3.77. The number of carbonyl (C=O) groups excluding carboxylic acids is 1. The Kier molecular flexibility index (Phi) is 4.38. The first-order valence-corrected chi connectivity index (χ1v) is 7.42. The first-order chi connectivity index (χ1) is 11.2. The van der Waals surface area contributed by atoms with E-state index in [9.17, 15) is 4.79 Å². The maximum absolute atomic E-state index is 12.1. The molecule has 116 valence electrons. The fraction of sp³-hybridized carbons (Fsp3) is 0.111. The molecule has 0 saturated heterocycles. The van der Waals surface area contributed by atoms with Crippen molar-refractivity contribution in [1.29, 1.82) is 0 Å². The summed E-state index contributed by atoms with van der Waals surface area (Å²) in [5, 5.41) is 9.93. The van der Waals surface area contributed by atoms with Gasteiger partial charge in [0.15, 0.2) is 0 Å². The number of nitrogens with one attached hydrogen (secondary N) is 2. The number of benzene rings is 2. The molecule has 0 aliphatic rings. The minimum atomic E-state index is -0.245. The van der Waals surface area contributed by atoms with Gasteiger partial charge in [-0.3, -0.25) is 0 Å². The van der Waals surface area contributed by atoms with E-state index in [4.69, 9.17) is 0 Å². The normalized spacial score (nSPS) is 10.3. The molecule has 0 aliphatic heterocycles. The molecule has 0 saturated carbocycles. The average Bonchev–Trinajstić information content (AvgIpc) is 3.09. The summed E-state index contributed by atoms with van der Waals surface area (Å²) in [4.78, 5) is 12.1. The van der Waals surface area contributed by atoms with Gasteiger partial charge in [0.2, 0.25) is 0 Å². The predicted molar refractivity (Wildman–Crippen MR) is 90.6 cm³/mol. The third-order valence-electron chi connectivity index (χ3n) is 3.48. The van der Waals surface area contributed by atoms with Crippen molar-refractivity contribution >= 4 is 11.7 Å². The first kappa shape index (κ1) is 14.8. The van der Waals surface area contributed by atoms with Crippen LogP contribution < -0.4 is 10.6 Å². The van der Waals surface area contributed by atoms with E-state index < -0.39 is 0 Å². The molecular formula is C18H18N4O. The molecule has 0 atom stereocenters. The summed E-state index contributed by atoms with van der Waals surface area (Å²) in [7, 11) is 0. The largest absolute Gasteiger partial charge is 0.334 e. The standard InChI is InChI=1S/C18H18N4O/c1-14-7-9-15(10-8-14)13-19-18(23)21-16-5-2-3-6-17(16)22-12-4-11-20-22/h2-12H,13H2,1H3,(H2,19,21,23). The third-order valence-corrected chi connectivity index (χ3v) is 3.48. The topological polar surface area (TPSA) is 59.0 Å². The number of nitrogens with zero attached hydrogens (tertiary/aromatic N) is 2. The number of urea groups is 1. The lowest BCUT2D eigenvalue weighted by molar-refractivity contribution is 0.251. The van der Waals surface area contributed by atoms with E-state index >= 15 is 0 Å². The van der Waals surface area contributed by atoms with Gasteiger partial charge in [0.1, 0.15) is 0 Å². The fourth-order valence-electron chi connectivity index (χ4n) is 2.25. The number of carbonyl (C=O) groups is 1. The Bertz CT molecular complexity index is 779. The first-order valence-electron chi connectivity index (χ1n) is 7.42. The van der Waals surface area contributed by atoms with Crippen LogP contribution in [0.1, 0.15) is 11.1 Å². The molecule has 1 heterocycles. The Morgan fingerprint density at radius 2 is 1.87 bits per heavy atom. The predicted octanol–water partition coefficient (Wildman–Crippen LogP) is 3.50. The minimum absolute atomic E-state index is 0.245. The van der Waals surface area contributed by atoms with Crippen molar-refractivity contribution in [3.05, 3.63) is 78.1 Å². The molecular weight excluding hydrogens is 288 g/mol. The highest BCUT2D eigenvalue weighted by molar-refractivity contribution is 5.91. The maximum atomic E-state index is 12.1. The van der Waals surface area contributed by atoms with Crippen LogP contribution in [-0.2, 0) is 6.54 Å². The van der Waals surface area contributed by atoms with Crippen molar-refractivity contribution in [2.75, 3.05) is 5.32 Å². The van der Waals surface area contributed by atoms with Gasteiger partial charge in [-0.15, -0.1) is 0 Å². The number of aromatic nitrogens is 2. The average molecular weight is 306 g/mol. The van der Waals surface area contributed by atoms with Crippen LogP contribution >= 0.6 is 0 Å². The van der Waals surface area contributed by atoms with Crippen molar-refractivity contribution in [3.63, 3.8) is 0 Å². The van der Waals surface area contributed by atoms with Crippen molar-refractivity contribution in [1.82, 2.24) is 15.1 Å². The van der Waals surface area contributed by atoms with Crippen LogP contribution in [0.4, 0.5) is 10.5 Å². The number of para-hydroxylation sites is 2. The van der Waals surface area contributed by atoms with Gasteiger partial charge in [0, 0.05) is 18.9 Å². The van der Waals surface area contributed by atoms with Crippen LogP contribution in [0.5, 0.6) is 0 Å². The zero-order valence-electron chi connectivity index (χ0n) is 12.9. The summed E-state index contributed by atoms with van der Waals surface area (Å²) < 4.78 is 1.72. The summed E-state index contributed by atoms with van der Waals surface area (Å²) in [6, 6.07) is 17.2. The zero-order chi connectivity index (χ0) is 16.1. The summed E-state index contributed by atoms with van der Waals surface area (Å²) in [6.45, 7) is 2.52. The van der Waals surface area contributed by atoms with E-state index in [1.54, 1.807) is 10.9 Å². The number of amides is 2. The molecule has 2 amide bonds. The summed E-state index contributed by atoms with van der Waals surface area (Å²) in [6.07, 6.45) is 3.54. The van der Waals surface area contributed by atoms with Crippen LogP contribution in [0.3, 0.4) is 0 Å². The molecule has 0 spiro atoms. The molecule has 0 bridgehead atoms. The van der Waals surface area contributed by atoms with Gasteiger partial charge in [0.05, 0.1) is 11.4 Å². The molecule has 1 aromatic heterocycles. The molecule has 3 aromatic rings. The molecule has 0 fully saturated rings. The molecule has 0 aliphatic carbocycles. The minimum Gasteiger partial charge on any atom is -0.334 e. The second kappa shape index (κ2) is 6.79. The van der Waals surface area contributed by atoms with Crippen LogP contribution in [-0.4, -0.2) is 15.8 Å². The Labute approximate surface area is 135 Å². The lowest BCUT2D eigenvalue weighted by Crippen LogP contribution is -2.28. The lowest BCUT2D eigenvalue weighted by Gasteiger charge is -2.12. The van der Waals surface area contributed by atoms with Crippen LogP contribution in [0.2, 0.25) is 0 Å². The van der Waals surface area contributed by atoms with Gasteiger partial charge in [-0.25, -0.2) is 9.48 Å². The Hall–Kier alpha value is -3.08. The molecule has 2 N–H and O–H groups in total. The molecule has 23 heavy (non-hydrogen) atoms. The van der Waals surface area contributed by atoms with Gasteiger partial charge in [0.25, 0.3) is 0 Å². The van der Waals surface area contributed by atoms with Crippen molar-refractivity contribution < 1.29 is 4.79 Å². The van der Waals surface area contributed by atoms with Gasteiger partial charge in [-0.05, 0) is 30.7 Å². The summed E-state index contributed by atoms with van der Waals surface area (Å²) in [5.74, 6) is 0. The SMILES string of the molecule is Cc1ccc(CNC(=O)Nc2ccccc2-n2cccn2)cc1. The highest BCUT2D eigenvalue weighted by Gasteiger charge is 2.07. The van der Waals surface area contributed by atoms with Gasteiger partial charge in [-0.2, -0.15) is 5.10 Å². The van der Waals surface area contributed by atoms with Crippen LogP contribution in [0.15, 0.2) is 67.0 Å². The van der Waals surface area contributed by atoms with Gasteiger partial charge in [-0.1, -0.05) is 42.0 Å². The highest BCUT2D eigenvalue weighted by Crippen LogP contribution is 2.18. The van der Waals surface area contributed by atoms with Crippen molar-refractivity contribution in [2.24, 2.45) is 0 Å². The highest BCUT2D eigenvalue weighted by atomic mass is 16.2. The molecule has 0 unspecified atom stereocenters. The number of hydrogen-bond donors (Lipinski definition) is 2. The Morgan fingerprint density at radius 3 is 2.61 bits per heavy atom. The maximum Gasteiger partial charge on any atom is 0.319 e. The smallest absolute Gasteiger partial charge is 0.319 e. The molecule has 5 nitrogen and oxygen atoms in total. The number of rotatable bonds is 4. The summed E-state index contributed by atoms with van der Waals surface area (Å²) in [5.41, 5.74) is 3.79. The number of anilines is 1. The fourth-order valence-corrected chi connectivity index (χ4v) is 2.25. The molecule has 3 rings (SSSR count). The quantitative estimate of drug-likeness (QED) is 0.775. The van der Waals surface area contributed by atoms with Crippen molar-refractivity contribution in [3.8, 4) is 5.69 Å². The Balaban J connectivity index is 1.65. The van der Waals surface area contributed by atoms with E-state index in [2.05, 4.69) is 15.7 Å². The van der Waals surface area contributed by atoms with Gasteiger partial charge >= 0.3 is 6.03 Å². The molecule has 0 radical (unpaired) electrons.